The van der Waals surface area contributed by atoms with Crippen LogP contribution in [-0.2, 0) is 23.4 Å². The van der Waals surface area contributed by atoms with Gasteiger partial charge in [0.2, 0.25) is 5.91 Å². The van der Waals surface area contributed by atoms with Gasteiger partial charge in [-0.2, -0.15) is 11.8 Å². The van der Waals surface area contributed by atoms with Crippen LogP contribution in [0.5, 0.6) is 0 Å². The standard InChI is InChI=1S/C18H25N3O2S2/c1-2-3-4-9-19-15(22)8-10-24-11-14-20-17(23)16-12-6-5-7-13(12)25-18(16)21-14/h2-11H2,1H3,(H,19,22)(H,20,21,23). The van der Waals surface area contributed by atoms with E-state index in [1.165, 1.54) is 10.4 Å². The molecule has 2 N–H and O–H groups in total. The Labute approximate surface area is 156 Å². The number of fused-ring (bicyclic) bond motifs is 3. The molecule has 0 saturated carbocycles. The SMILES string of the molecule is CCCCCNC(=O)CCSCc1nc2sc3c(c2c(=O)[nH]1)CCC3. The Hall–Kier alpha value is -1.34. The fourth-order valence-corrected chi connectivity index (χ4v) is 5.23. The van der Waals surface area contributed by atoms with Crippen molar-refractivity contribution in [1.29, 1.82) is 0 Å². The lowest BCUT2D eigenvalue weighted by Gasteiger charge is -2.05. The summed E-state index contributed by atoms with van der Waals surface area (Å²) < 4.78 is 0. The summed E-state index contributed by atoms with van der Waals surface area (Å²) in [5, 5.41) is 3.75. The Morgan fingerprint density at radius 3 is 3.08 bits per heavy atom. The van der Waals surface area contributed by atoms with E-state index in [-0.39, 0.29) is 11.5 Å². The average Bonchev–Trinajstić information content (AvgIpc) is 3.16. The largest absolute Gasteiger partial charge is 0.356 e. The Bertz CT molecular complexity index is 797. The van der Waals surface area contributed by atoms with E-state index in [2.05, 4.69) is 22.2 Å². The molecule has 0 fully saturated rings. The summed E-state index contributed by atoms with van der Waals surface area (Å²) in [6, 6.07) is 0. The van der Waals surface area contributed by atoms with Gasteiger partial charge in [0.05, 0.1) is 11.1 Å². The fraction of sp³-hybridized carbons (Fsp3) is 0.611. The maximum absolute atomic E-state index is 12.4. The third-order valence-electron chi connectivity index (χ3n) is 4.44. The third-order valence-corrected chi connectivity index (χ3v) is 6.59. The highest BCUT2D eigenvalue weighted by molar-refractivity contribution is 7.98. The normalized spacial score (nSPS) is 13.3. The molecule has 7 heteroatoms. The van der Waals surface area contributed by atoms with Crippen molar-refractivity contribution in [3.8, 4) is 0 Å². The molecule has 0 radical (unpaired) electrons. The van der Waals surface area contributed by atoms with E-state index in [1.54, 1.807) is 23.1 Å². The molecule has 0 atom stereocenters. The van der Waals surface area contributed by atoms with E-state index in [0.717, 1.165) is 61.0 Å². The van der Waals surface area contributed by atoms with Gasteiger partial charge in [0.25, 0.3) is 5.56 Å². The summed E-state index contributed by atoms with van der Waals surface area (Å²) in [4.78, 5) is 33.9. The molecular formula is C18H25N3O2S2. The summed E-state index contributed by atoms with van der Waals surface area (Å²) in [6.07, 6.45) is 7.10. The van der Waals surface area contributed by atoms with Gasteiger partial charge in [-0.05, 0) is 31.2 Å². The number of aromatic nitrogens is 2. The monoisotopic (exact) mass is 379 g/mol. The minimum absolute atomic E-state index is 0.00586. The lowest BCUT2D eigenvalue weighted by atomic mass is 10.2. The molecule has 0 aromatic carbocycles. The number of aryl methyl sites for hydroxylation is 2. The van der Waals surface area contributed by atoms with Gasteiger partial charge in [0, 0.05) is 23.6 Å². The number of unbranched alkanes of at least 4 members (excludes halogenated alkanes) is 2. The predicted molar refractivity (Wildman–Crippen MR) is 106 cm³/mol. The van der Waals surface area contributed by atoms with E-state index in [9.17, 15) is 9.59 Å². The van der Waals surface area contributed by atoms with Crippen molar-refractivity contribution < 1.29 is 4.79 Å². The smallest absolute Gasteiger partial charge is 0.259 e. The van der Waals surface area contributed by atoms with Gasteiger partial charge < -0.3 is 10.3 Å². The first-order valence-electron chi connectivity index (χ1n) is 9.07. The predicted octanol–water partition coefficient (Wildman–Crippen LogP) is 3.40. The number of thioether (sulfide) groups is 1. The van der Waals surface area contributed by atoms with E-state index in [4.69, 9.17) is 0 Å². The van der Waals surface area contributed by atoms with Crippen molar-refractivity contribution in [1.82, 2.24) is 15.3 Å². The summed E-state index contributed by atoms with van der Waals surface area (Å²) in [5.74, 6) is 2.19. The number of hydrogen-bond donors (Lipinski definition) is 2. The number of H-pyrrole nitrogens is 1. The van der Waals surface area contributed by atoms with E-state index in [0.29, 0.717) is 18.0 Å². The van der Waals surface area contributed by atoms with Crippen LogP contribution in [0.1, 0.15) is 55.3 Å². The van der Waals surface area contributed by atoms with Crippen molar-refractivity contribution in [3.05, 3.63) is 26.6 Å². The number of amides is 1. The van der Waals surface area contributed by atoms with Crippen LogP contribution in [0.3, 0.4) is 0 Å². The minimum atomic E-state index is -0.00586. The van der Waals surface area contributed by atoms with Gasteiger partial charge in [-0.3, -0.25) is 9.59 Å². The first-order valence-corrected chi connectivity index (χ1v) is 11.0. The zero-order valence-corrected chi connectivity index (χ0v) is 16.3. The number of thiophene rings is 1. The van der Waals surface area contributed by atoms with Crippen molar-refractivity contribution in [3.63, 3.8) is 0 Å². The van der Waals surface area contributed by atoms with Crippen molar-refractivity contribution in [2.24, 2.45) is 0 Å². The lowest BCUT2D eigenvalue weighted by molar-refractivity contribution is -0.120. The first-order chi connectivity index (χ1) is 12.2. The molecule has 1 aliphatic rings. The van der Waals surface area contributed by atoms with Crippen molar-refractivity contribution >= 4 is 39.2 Å². The van der Waals surface area contributed by atoms with Gasteiger partial charge in [0.1, 0.15) is 10.7 Å². The number of carbonyl (C=O) groups is 1. The molecule has 0 spiro atoms. The Morgan fingerprint density at radius 1 is 1.36 bits per heavy atom. The van der Waals surface area contributed by atoms with E-state index >= 15 is 0 Å². The quantitative estimate of drug-likeness (QED) is 0.655. The second-order valence-electron chi connectivity index (χ2n) is 6.41. The molecule has 136 valence electrons. The molecule has 25 heavy (non-hydrogen) atoms. The zero-order valence-electron chi connectivity index (χ0n) is 14.7. The number of carbonyl (C=O) groups excluding carboxylic acids is 1. The maximum atomic E-state index is 12.4. The number of aromatic amines is 1. The highest BCUT2D eigenvalue weighted by Gasteiger charge is 2.20. The highest BCUT2D eigenvalue weighted by Crippen LogP contribution is 2.34. The maximum Gasteiger partial charge on any atom is 0.259 e. The molecular weight excluding hydrogens is 354 g/mol. The van der Waals surface area contributed by atoms with Crippen LogP contribution < -0.4 is 10.9 Å². The Morgan fingerprint density at radius 2 is 2.24 bits per heavy atom. The van der Waals surface area contributed by atoms with Crippen molar-refractivity contribution in [2.45, 2.75) is 57.6 Å². The summed E-state index contributed by atoms with van der Waals surface area (Å²) in [7, 11) is 0. The van der Waals surface area contributed by atoms with Crippen LogP contribution in [0.15, 0.2) is 4.79 Å². The van der Waals surface area contributed by atoms with Crippen LogP contribution in [0, 0.1) is 0 Å². The van der Waals surface area contributed by atoms with Crippen LogP contribution >= 0.6 is 23.1 Å². The Kier molecular flexibility index (Phi) is 6.53. The number of hydrogen-bond acceptors (Lipinski definition) is 5. The van der Waals surface area contributed by atoms with E-state index < -0.39 is 0 Å². The summed E-state index contributed by atoms with van der Waals surface area (Å²) >= 11 is 3.30. The van der Waals surface area contributed by atoms with Gasteiger partial charge in [-0.1, -0.05) is 19.8 Å². The lowest BCUT2D eigenvalue weighted by Crippen LogP contribution is -2.24. The van der Waals surface area contributed by atoms with Crippen LogP contribution in [0.4, 0.5) is 0 Å². The molecule has 3 rings (SSSR count). The second kappa shape index (κ2) is 8.85. The van der Waals surface area contributed by atoms with Crippen LogP contribution in [0.2, 0.25) is 0 Å². The molecule has 0 unspecified atom stereocenters. The van der Waals surface area contributed by atoms with E-state index in [1.807, 2.05) is 0 Å². The van der Waals surface area contributed by atoms with Gasteiger partial charge in [-0.25, -0.2) is 4.98 Å². The third kappa shape index (κ3) is 4.64. The number of nitrogens with zero attached hydrogens (tertiary/aromatic N) is 1. The van der Waals surface area contributed by atoms with Gasteiger partial charge in [-0.15, -0.1) is 11.3 Å². The number of rotatable bonds is 9. The molecule has 2 heterocycles. The summed E-state index contributed by atoms with van der Waals surface area (Å²) in [6.45, 7) is 2.92. The molecule has 1 aliphatic carbocycles. The topological polar surface area (TPSA) is 74.8 Å². The molecule has 0 saturated heterocycles. The van der Waals surface area contributed by atoms with Gasteiger partial charge >= 0.3 is 0 Å². The molecule has 0 aliphatic heterocycles. The van der Waals surface area contributed by atoms with Crippen LogP contribution in [-0.4, -0.2) is 28.2 Å². The first kappa shape index (κ1) is 18.5. The molecule has 0 bridgehead atoms. The zero-order chi connectivity index (χ0) is 17.6. The molecule has 1 amide bonds. The fourth-order valence-electron chi connectivity index (χ4n) is 3.14. The second-order valence-corrected chi connectivity index (χ2v) is 8.60. The average molecular weight is 380 g/mol. The molecule has 5 nitrogen and oxygen atoms in total. The van der Waals surface area contributed by atoms with Crippen molar-refractivity contribution in [2.75, 3.05) is 12.3 Å². The molecule has 2 aromatic heterocycles. The number of nitrogens with one attached hydrogen (secondary N) is 2. The van der Waals surface area contributed by atoms with Gasteiger partial charge in [0.15, 0.2) is 0 Å². The Balaban J connectivity index is 1.47. The minimum Gasteiger partial charge on any atom is -0.356 e. The van der Waals surface area contributed by atoms with Crippen LogP contribution in [0.25, 0.3) is 10.2 Å². The molecule has 2 aromatic rings. The highest BCUT2D eigenvalue weighted by atomic mass is 32.2. The summed E-state index contributed by atoms with van der Waals surface area (Å²) in [5.41, 5.74) is 1.21.